The minimum Gasteiger partial charge on any atom is -0.480 e. The maximum absolute atomic E-state index is 13.4. The predicted molar refractivity (Wildman–Crippen MR) is 64.5 cm³/mol. The second-order valence-electron chi connectivity index (χ2n) is 4.35. The number of carboxylic acid groups (broad SMARTS) is 1. The van der Waals surface area contributed by atoms with Gasteiger partial charge in [0.2, 0.25) is 5.91 Å². The first kappa shape index (κ1) is 14.2. The molecule has 0 spiro atoms. The quantitative estimate of drug-likeness (QED) is 0.837. The number of amides is 1. The molecule has 1 aromatic carbocycles. The maximum Gasteiger partial charge on any atom is 0.326 e. The highest BCUT2D eigenvalue weighted by Crippen LogP contribution is 2.09. The van der Waals surface area contributed by atoms with Crippen molar-refractivity contribution in [3.8, 4) is 0 Å². The minimum absolute atomic E-state index is 0.0690. The van der Waals surface area contributed by atoms with E-state index in [0.29, 0.717) is 0 Å². The normalized spacial score (nSPS) is 12.2. The van der Waals surface area contributed by atoms with E-state index in [2.05, 4.69) is 5.32 Å². The molecule has 0 aromatic heterocycles. The van der Waals surface area contributed by atoms with Gasteiger partial charge in [-0.25, -0.2) is 9.18 Å². The third-order valence-corrected chi connectivity index (χ3v) is 2.52. The standard InChI is InChI=1S/C13H16FNO3/c1-8(2)12(16)15-11(13(17)18)7-9-5-3-4-6-10(9)14/h3-6,8,11H,7H2,1-2H3,(H,15,16)(H,17,18)/t11-/m1/s1. The number of benzene rings is 1. The Bertz CT molecular complexity index is 446. The molecule has 0 bridgehead atoms. The van der Waals surface area contributed by atoms with Crippen LogP contribution in [0.4, 0.5) is 4.39 Å². The Labute approximate surface area is 105 Å². The molecule has 0 unspecified atom stereocenters. The van der Waals surface area contributed by atoms with Crippen LogP contribution in [-0.4, -0.2) is 23.0 Å². The number of halogens is 1. The number of carbonyl (C=O) groups excluding carboxylic acids is 1. The van der Waals surface area contributed by atoms with E-state index in [-0.39, 0.29) is 23.8 Å². The lowest BCUT2D eigenvalue weighted by atomic mass is 10.0. The van der Waals surface area contributed by atoms with Crippen LogP contribution in [0.3, 0.4) is 0 Å². The first-order chi connectivity index (χ1) is 8.41. The van der Waals surface area contributed by atoms with Crippen molar-refractivity contribution in [2.45, 2.75) is 26.3 Å². The van der Waals surface area contributed by atoms with Gasteiger partial charge < -0.3 is 10.4 Å². The Kier molecular flexibility index (Phi) is 4.83. The molecule has 0 aliphatic carbocycles. The molecule has 0 heterocycles. The minimum atomic E-state index is -1.17. The number of rotatable bonds is 5. The average molecular weight is 253 g/mol. The van der Waals surface area contributed by atoms with Gasteiger partial charge in [-0.3, -0.25) is 4.79 Å². The monoisotopic (exact) mass is 253 g/mol. The average Bonchev–Trinajstić information content (AvgIpc) is 2.30. The summed E-state index contributed by atoms with van der Waals surface area (Å²) >= 11 is 0. The van der Waals surface area contributed by atoms with Crippen molar-refractivity contribution in [1.82, 2.24) is 5.32 Å². The molecule has 1 atom stereocenters. The summed E-state index contributed by atoms with van der Waals surface area (Å²) in [5.74, 6) is -2.32. The molecule has 0 saturated carbocycles. The summed E-state index contributed by atoms with van der Waals surface area (Å²) in [6, 6.07) is 4.81. The van der Waals surface area contributed by atoms with E-state index in [1.807, 2.05) is 0 Å². The van der Waals surface area contributed by atoms with Crippen molar-refractivity contribution < 1.29 is 19.1 Å². The highest BCUT2D eigenvalue weighted by molar-refractivity contribution is 5.84. The van der Waals surface area contributed by atoms with Crippen molar-refractivity contribution in [1.29, 1.82) is 0 Å². The van der Waals surface area contributed by atoms with Crippen molar-refractivity contribution in [3.05, 3.63) is 35.6 Å². The van der Waals surface area contributed by atoms with Gasteiger partial charge in [0.15, 0.2) is 0 Å². The molecule has 2 N–H and O–H groups in total. The van der Waals surface area contributed by atoms with Crippen molar-refractivity contribution in [3.63, 3.8) is 0 Å². The smallest absolute Gasteiger partial charge is 0.326 e. The Morgan fingerprint density at radius 1 is 1.33 bits per heavy atom. The van der Waals surface area contributed by atoms with Gasteiger partial charge >= 0.3 is 5.97 Å². The van der Waals surface area contributed by atoms with Crippen LogP contribution >= 0.6 is 0 Å². The molecule has 0 radical (unpaired) electrons. The van der Waals surface area contributed by atoms with Crippen LogP contribution in [0.2, 0.25) is 0 Å². The van der Waals surface area contributed by atoms with Crippen LogP contribution in [0.1, 0.15) is 19.4 Å². The lowest BCUT2D eigenvalue weighted by Gasteiger charge is -2.16. The zero-order chi connectivity index (χ0) is 13.7. The number of carboxylic acids is 1. The van der Waals surface area contributed by atoms with Crippen LogP contribution in [-0.2, 0) is 16.0 Å². The fourth-order valence-corrected chi connectivity index (χ4v) is 1.42. The second-order valence-corrected chi connectivity index (χ2v) is 4.35. The van der Waals surface area contributed by atoms with Gasteiger partial charge in [0.25, 0.3) is 0 Å². The first-order valence-electron chi connectivity index (χ1n) is 5.68. The molecule has 4 nitrogen and oxygen atoms in total. The fourth-order valence-electron chi connectivity index (χ4n) is 1.42. The summed E-state index contributed by atoms with van der Waals surface area (Å²) in [7, 11) is 0. The number of hydrogen-bond acceptors (Lipinski definition) is 2. The lowest BCUT2D eigenvalue weighted by Crippen LogP contribution is -2.44. The van der Waals surface area contributed by atoms with Crippen LogP contribution in [0.25, 0.3) is 0 Å². The molecule has 1 rings (SSSR count). The van der Waals surface area contributed by atoms with Gasteiger partial charge in [-0.15, -0.1) is 0 Å². The largest absolute Gasteiger partial charge is 0.480 e. The van der Waals surface area contributed by atoms with E-state index < -0.39 is 17.8 Å². The Balaban J connectivity index is 2.79. The molecule has 18 heavy (non-hydrogen) atoms. The van der Waals surface area contributed by atoms with Gasteiger partial charge in [-0.05, 0) is 11.6 Å². The number of carbonyl (C=O) groups is 2. The second kappa shape index (κ2) is 6.14. The molecule has 0 saturated heterocycles. The third kappa shape index (κ3) is 3.84. The summed E-state index contributed by atoms with van der Waals surface area (Å²) in [5.41, 5.74) is 0.272. The van der Waals surface area contributed by atoms with Crippen LogP contribution in [0.15, 0.2) is 24.3 Å². The SMILES string of the molecule is CC(C)C(=O)N[C@H](Cc1ccccc1F)C(=O)O. The third-order valence-electron chi connectivity index (χ3n) is 2.52. The Morgan fingerprint density at radius 2 is 1.94 bits per heavy atom. The van der Waals surface area contributed by atoms with E-state index in [0.717, 1.165) is 0 Å². The number of aliphatic carboxylic acids is 1. The highest BCUT2D eigenvalue weighted by atomic mass is 19.1. The molecule has 5 heteroatoms. The van der Waals surface area contributed by atoms with Gasteiger partial charge in [0, 0.05) is 12.3 Å². The van der Waals surface area contributed by atoms with E-state index in [9.17, 15) is 14.0 Å². The maximum atomic E-state index is 13.4. The molecule has 0 fully saturated rings. The number of hydrogen-bond donors (Lipinski definition) is 2. The first-order valence-corrected chi connectivity index (χ1v) is 5.68. The van der Waals surface area contributed by atoms with Gasteiger partial charge in [-0.2, -0.15) is 0 Å². The lowest BCUT2D eigenvalue weighted by molar-refractivity contribution is -0.142. The van der Waals surface area contributed by atoms with E-state index in [1.54, 1.807) is 19.9 Å². The summed E-state index contributed by atoms with van der Waals surface area (Å²) in [6.45, 7) is 3.33. The molecule has 1 aromatic rings. The van der Waals surface area contributed by atoms with Gasteiger partial charge in [0.05, 0.1) is 0 Å². The van der Waals surface area contributed by atoms with E-state index >= 15 is 0 Å². The molecular weight excluding hydrogens is 237 g/mol. The topological polar surface area (TPSA) is 66.4 Å². The van der Waals surface area contributed by atoms with Gasteiger partial charge in [0.1, 0.15) is 11.9 Å². The zero-order valence-electron chi connectivity index (χ0n) is 10.3. The summed E-state index contributed by atoms with van der Waals surface area (Å²) in [5, 5.41) is 11.4. The van der Waals surface area contributed by atoms with Crippen LogP contribution in [0, 0.1) is 11.7 Å². The molecule has 0 aliphatic rings. The van der Waals surface area contributed by atoms with Crippen molar-refractivity contribution >= 4 is 11.9 Å². The zero-order valence-corrected chi connectivity index (χ0v) is 10.3. The van der Waals surface area contributed by atoms with Crippen molar-refractivity contribution in [2.75, 3.05) is 0 Å². The summed E-state index contributed by atoms with van der Waals surface area (Å²) in [6.07, 6.45) is -0.0690. The van der Waals surface area contributed by atoms with Crippen molar-refractivity contribution in [2.24, 2.45) is 5.92 Å². The van der Waals surface area contributed by atoms with E-state index in [1.165, 1.54) is 18.2 Å². The molecular formula is C13H16FNO3. The predicted octanol–water partition coefficient (Wildman–Crippen LogP) is 1.59. The van der Waals surface area contributed by atoms with Gasteiger partial charge in [-0.1, -0.05) is 32.0 Å². The fraction of sp³-hybridized carbons (Fsp3) is 0.385. The van der Waals surface area contributed by atoms with E-state index in [4.69, 9.17) is 5.11 Å². The van der Waals surface area contributed by atoms with Crippen LogP contribution in [0.5, 0.6) is 0 Å². The highest BCUT2D eigenvalue weighted by Gasteiger charge is 2.22. The Hall–Kier alpha value is -1.91. The molecule has 1 amide bonds. The van der Waals surface area contributed by atoms with Crippen LogP contribution < -0.4 is 5.32 Å². The Morgan fingerprint density at radius 3 is 2.44 bits per heavy atom. The summed E-state index contributed by atoms with van der Waals surface area (Å²) < 4.78 is 13.4. The summed E-state index contributed by atoms with van der Waals surface area (Å²) in [4.78, 5) is 22.5. The molecule has 0 aliphatic heterocycles. The molecule has 98 valence electrons. The number of nitrogens with one attached hydrogen (secondary N) is 1.